The van der Waals surface area contributed by atoms with Crippen LogP contribution in [0.15, 0.2) is 36.4 Å². The van der Waals surface area contributed by atoms with E-state index in [0.717, 1.165) is 11.6 Å². The molecule has 1 amide bonds. The molecule has 26 heavy (non-hydrogen) atoms. The molecule has 0 radical (unpaired) electrons. The predicted octanol–water partition coefficient (Wildman–Crippen LogP) is 2.87. The lowest BCUT2D eigenvalue weighted by Gasteiger charge is -2.15. The number of carbonyl (C=O) groups excluding carboxylic acids is 1. The molecule has 1 atom stereocenters. The van der Waals surface area contributed by atoms with E-state index >= 15 is 0 Å². The Hall–Kier alpha value is -3.00. The van der Waals surface area contributed by atoms with Crippen molar-refractivity contribution >= 4 is 17.3 Å². The molecule has 5 N–H and O–H groups in total. The van der Waals surface area contributed by atoms with Gasteiger partial charge in [0.2, 0.25) is 0 Å². The molecule has 0 aromatic heterocycles. The highest BCUT2D eigenvalue weighted by molar-refractivity contribution is 6.01. The Balaban J connectivity index is 2.10. The molecule has 0 aliphatic carbocycles. The van der Waals surface area contributed by atoms with Crippen molar-refractivity contribution in [2.24, 2.45) is 5.73 Å². The third kappa shape index (κ3) is 4.34. The molecule has 0 bridgehead atoms. The number of nitro groups is 1. The first-order valence-corrected chi connectivity index (χ1v) is 8.07. The number of nitrogens with zero attached hydrogens (tertiary/aromatic N) is 1. The number of nitro benzene ring substituents is 1. The summed E-state index contributed by atoms with van der Waals surface area (Å²) in [5, 5.41) is 13.4. The minimum atomic E-state index is -0.912. The number of amides is 1. The van der Waals surface area contributed by atoms with E-state index in [2.05, 4.69) is 19.2 Å². The largest absolute Gasteiger partial charge is 0.393 e. The smallest absolute Gasteiger partial charge is 0.295 e. The summed E-state index contributed by atoms with van der Waals surface area (Å²) in [6, 6.07) is 8.76. The number of nitrogen functional groups attached to an aromatic ring is 1. The summed E-state index contributed by atoms with van der Waals surface area (Å²) in [4.78, 5) is 22.3. The molecule has 2 rings (SSSR count). The highest BCUT2D eigenvalue weighted by atomic mass is 19.1. The minimum absolute atomic E-state index is 0.0730. The standard InChI is InChI=1S/C18H21FN4O3/c1-10(2)11-3-5-12(6-4-11)15(20)9-22-18(24)14-7-13(19)8-16(17(14)21)23(25)26/h3-8,10,15H,9,20-21H2,1-2H3,(H,22,24). The van der Waals surface area contributed by atoms with E-state index < -0.39 is 28.4 Å². The van der Waals surface area contributed by atoms with Crippen molar-refractivity contribution in [2.45, 2.75) is 25.8 Å². The van der Waals surface area contributed by atoms with Crippen molar-refractivity contribution in [3.05, 3.63) is 69.0 Å². The summed E-state index contributed by atoms with van der Waals surface area (Å²) < 4.78 is 13.5. The van der Waals surface area contributed by atoms with Crippen LogP contribution in [0.25, 0.3) is 0 Å². The second kappa shape index (κ2) is 7.92. The number of hydrogen-bond donors (Lipinski definition) is 3. The fourth-order valence-electron chi connectivity index (χ4n) is 2.49. The fraction of sp³-hybridized carbons (Fsp3) is 0.278. The predicted molar refractivity (Wildman–Crippen MR) is 97.3 cm³/mol. The third-order valence-corrected chi connectivity index (χ3v) is 4.08. The van der Waals surface area contributed by atoms with Crippen LogP contribution in [-0.2, 0) is 0 Å². The number of anilines is 1. The van der Waals surface area contributed by atoms with Gasteiger partial charge < -0.3 is 16.8 Å². The minimum Gasteiger partial charge on any atom is -0.393 e. The summed E-state index contributed by atoms with van der Waals surface area (Å²) in [7, 11) is 0. The fourth-order valence-corrected chi connectivity index (χ4v) is 2.49. The zero-order valence-electron chi connectivity index (χ0n) is 14.5. The molecule has 0 heterocycles. The zero-order chi connectivity index (χ0) is 19.4. The lowest BCUT2D eigenvalue weighted by molar-refractivity contribution is -0.384. The van der Waals surface area contributed by atoms with Crippen molar-refractivity contribution in [3.63, 3.8) is 0 Å². The molecule has 138 valence electrons. The maximum Gasteiger partial charge on any atom is 0.295 e. The lowest BCUT2D eigenvalue weighted by Crippen LogP contribution is -2.32. The molecule has 0 aliphatic heterocycles. The quantitative estimate of drug-likeness (QED) is 0.415. The van der Waals surface area contributed by atoms with Gasteiger partial charge in [-0.1, -0.05) is 38.1 Å². The molecular formula is C18H21FN4O3. The zero-order valence-corrected chi connectivity index (χ0v) is 14.5. The van der Waals surface area contributed by atoms with Gasteiger partial charge in [0.15, 0.2) is 0 Å². The molecule has 0 fully saturated rings. The van der Waals surface area contributed by atoms with Crippen molar-refractivity contribution < 1.29 is 14.1 Å². The third-order valence-electron chi connectivity index (χ3n) is 4.08. The lowest BCUT2D eigenvalue weighted by atomic mass is 9.99. The molecule has 0 spiro atoms. The Morgan fingerprint density at radius 1 is 1.23 bits per heavy atom. The maximum absolute atomic E-state index is 13.5. The normalized spacial score (nSPS) is 12.0. The topological polar surface area (TPSA) is 124 Å². The van der Waals surface area contributed by atoms with E-state index in [1.165, 1.54) is 5.56 Å². The van der Waals surface area contributed by atoms with Gasteiger partial charge in [-0.25, -0.2) is 4.39 Å². The van der Waals surface area contributed by atoms with Crippen LogP contribution >= 0.6 is 0 Å². The number of carbonyl (C=O) groups is 1. The summed E-state index contributed by atoms with van der Waals surface area (Å²) in [5.74, 6) is -1.24. The molecule has 1 unspecified atom stereocenters. The van der Waals surface area contributed by atoms with Crippen molar-refractivity contribution in [1.82, 2.24) is 5.32 Å². The number of nitrogens with two attached hydrogens (primary N) is 2. The van der Waals surface area contributed by atoms with Gasteiger partial charge in [0, 0.05) is 12.6 Å². The van der Waals surface area contributed by atoms with E-state index in [-0.39, 0.29) is 17.8 Å². The van der Waals surface area contributed by atoms with Crippen LogP contribution in [0.2, 0.25) is 0 Å². The number of hydrogen-bond acceptors (Lipinski definition) is 5. The molecule has 8 heteroatoms. The van der Waals surface area contributed by atoms with Gasteiger partial charge in [-0.05, 0) is 23.1 Å². The van der Waals surface area contributed by atoms with Gasteiger partial charge in [0.1, 0.15) is 11.5 Å². The van der Waals surface area contributed by atoms with Crippen LogP contribution in [0.3, 0.4) is 0 Å². The van der Waals surface area contributed by atoms with Gasteiger partial charge in [-0.15, -0.1) is 0 Å². The Morgan fingerprint density at radius 2 is 1.81 bits per heavy atom. The second-order valence-corrected chi connectivity index (χ2v) is 6.28. The number of nitrogens with one attached hydrogen (secondary N) is 1. The first-order chi connectivity index (χ1) is 12.2. The number of benzene rings is 2. The Kier molecular flexibility index (Phi) is 5.89. The summed E-state index contributed by atoms with van der Waals surface area (Å²) in [6.45, 7) is 4.24. The number of rotatable bonds is 6. The van der Waals surface area contributed by atoms with Crippen LogP contribution < -0.4 is 16.8 Å². The average molecular weight is 360 g/mol. The second-order valence-electron chi connectivity index (χ2n) is 6.28. The summed E-state index contributed by atoms with van der Waals surface area (Å²) >= 11 is 0. The monoisotopic (exact) mass is 360 g/mol. The van der Waals surface area contributed by atoms with Crippen LogP contribution in [-0.4, -0.2) is 17.4 Å². The average Bonchev–Trinajstić information content (AvgIpc) is 2.60. The van der Waals surface area contributed by atoms with E-state index in [1.54, 1.807) is 0 Å². The van der Waals surface area contributed by atoms with Crippen LogP contribution in [0.5, 0.6) is 0 Å². The van der Waals surface area contributed by atoms with E-state index in [1.807, 2.05) is 24.3 Å². The van der Waals surface area contributed by atoms with Crippen molar-refractivity contribution in [1.29, 1.82) is 0 Å². The first-order valence-electron chi connectivity index (χ1n) is 8.07. The van der Waals surface area contributed by atoms with Crippen LogP contribution in [0.1, 0.15) is 47.3 Å². The SMILES string of the molecule is CC(C)c1ccc(C(N)CNC(=O)c2cc(F)cc([N+](=O)[O-])c2N)cc1. The molecule has 2 aromatic rings. The van der Waals surface area contributed by atoms with Gasteiger partial charge in [-0.3, -0.25) is 14.9 Å². The summed E-state index contributed by atoms with van der Waals surface area (Å²) in [5.41, 5.74) is 12.4. The molecule has 2 aromatic carbocycles. The van der Waals surface area contributed by atoms with E-state index in [4.69, 9.17) is 11.5 Å². The van der Waals surface area contributed by atoms with Gasteiger partial charge in [0.25, 0.3) is 11.6 Å². The Labute approximate surface area is 150 Å². The molecule has 7 nitrogen and oxygen atoms in total. The first kappa shape index (κ1) is 19.3. The highest BCUT2D eigenvalue weighted by Gasteiger charge is 2.22. The van der Waals surface area contributed by atoms with Crippen LogP contribution in [0, 0.1) is 15.9 Å². The maximum atomic E-state index is 13.5. The summed E-state index contributed by atoms with van der Waals surface area (Å²) in [6.07, 6.45) is 0. The van der Waals surface area contributed by atoms with Gasteiger partial charge >= 0.3 is 0 Å². The van der Waals surface area contributed by atoms with Crippen molar-refractivity contribution in [3.8, 4) is 0 Å². The molecular weight excluding hydrogens is 339 g/mol. The highest BCUT2D eigenvalue weighted by Crippen LogP contribution is 2.26. The molecule has 0 aliphatic rings. The van der Waals surface area contributed by atoms with E-state index in [0.29, 0.717) is 12.0 Å². The van der Waals surface area contributed by atoms with Gasteiger partial charge in [0.05, 0.1) is 16.6 Å². The van der Waals surface area contributed by atoms with Crippen molar-refractivity contribution in [2.75, 3.05) is 12.3 Å². The molecule has 0 saturated heterocycles. The van der Waals surface area contributed by atoms with E-state index in [9.17, 15) is 19.3 Å². The Morgan fingerprint density at radius 3 is 2.35 bits per heavy atom. The molecule has 0 saturated carbocycles. The van der Waals surface area contributed by atoms with Crippen LogP contribution in [0.4, 0.5) is 15.8 Å². The Bertz CT molecular complexity index is 822. The number of halogens is 1. The van der Waals surface area contributed by atoms with Gasteiger partial charge in [-0.2, -0.15) is 0 Å².